The Morgan fingerprint density at radius 2 is 2.00 bits per heavy atom. The van der Waals surface area contributed by atoms with E-state index >= 15 is 0 Å². The van der Waals surface area contributed by atoms with Crippen molar-refractivity contribution in [3.63, 3.8) is 0 Å². The Hall–Kier alpha value is -1.59. The SMILES string of the molecule is NNc1ncccc1CSc1ccc(F)cc1. The van der Waals surface area contributed by atoms with Gasteiger partial charge in [0.25, 0.3) is 0 Å². The van der Waals surface area contributed by atoms with E-state index in [1.807, 2.05) is 12.1 Å². The normalized spacial score (nSPS) is 10.2. The van der Waals surface area contributed by atoms with Gasteiger partial charge in [-0.1, -0.05) is 6.07 Å². The van der Waals surface area contributed by atoms with Crippen molar-refractivity contribution >= 4 is 17.6 Å². The minimum absolute atomic E-state index is 0.222. The van der Waals surface area contributed by atoms with E-state index in [0.29, 0.717) is 5.82 Å². The molecule has 0 saturated heterocycles. The summed E-state index contributed by atoms with van der Waals surface area (Å²) in [6.07, 6.45) is 1.68. The summed E-state index contributed by atoms with van der Waals surface area (Å²) in [6, 6.07) is 10.2. The Morgan fingerprint density at radius 1 is 1.24 bits per heavy atom. The van der Waals surface area contributed by atoms with Crippen molar-refractivity contribution in [2.45, 2.75) is 10.6 Å². The zero-order valence-electron chi connectivity index (χ0n) is 9.06. The number of nitrogen functional groups attached to an aromatic ring is 1. The summed E-state index contributed by atoms with van der Waals surface area (Å²) in [4.78, 5) is 5.13. The van der Waals surface area contributed by atoms with Crippen molar-refractivity contribution in [2.24, 2.45) is 5.84 Å². The number of nitrogens with zero attached hydrogens (tertiary/aromatic N) is 1. The van der Waals surface area contributed by atoms with Gasteiger partial charge in [-0.3, -0.25) is 0 Å². The van der Waals surface area contributed by atoms with Crippen LogP contribution in [0.5, 0.6) is 0 Å². The number of anilines is 1. The molecule has 1 aromatic carbocycles. The van der Waals surface area contributed by atoms with Crippen molar-refractivity contribution in [3.8, 4) is 0 Å². The molecule has 1 heterocycles. The Morgan fingerprint density at radius 3 is 2.71 bits per heavy atom. The molecule has 1 aromatic heterocycles. The lowest BCUT2D eigenvalue weighted by Crippen LogP contribution is -2.10. The molecule has 0 saturated carbocycles. The van der Waals surface area contributed by atoms with Crippen molar-refractivity contribution < 1.29 is 4.39 Å². The van der Waals surface area contributed by atoms with Crippen LogP contribution < -0.4 is 11.3 Å². The highest BCUT2D eigenvalue weighted by Gasteiger charge is 2.02. The van der Waals surface area contributed by atoms with Crippen LogP contribution in [0.25, 0.3) is 0 Å². The average Bonchev–Trinajstić information content (AvgIpc) is 2.38. The monoisotopic (exact) mass is 249 g/mol. The lowest BCUT2D eigenvalue weighted by atomic mass is 10.3. The van der Waals surface area contributed by atoms with E-state index in [2.05, 4.69) is 10.4 Å². The molecule has 0 unspecified atom stereocenters. The molecular weight excluding hydrogens is 237 g/mol. The maximum atomic E-state index is 12.7. The molecule has 2 aromatic rings. The highest BCUT2D eigenvalue weighted by atomic mass is 32.2. The van der Waals surface area contributed by atoms with Crippen LogP contribution in [0.15, 0.2) is 47.5 Å². The van der Waals surface area contributed by atoms with Crippen LogP contribution in [-0.2, 0) is 5.75 Å². The summed E-state index contributed by atoms with van der Waals surface area (Å²) in [5, 5.41) is 0. The number of aromatic nitrogens is 1. The average molecular weight is 249 g/mol. The van der Waals surface area contributed by atoms with Crippen LogP contribution in [0.3, 0.4) is 0 Å². The van der Waals surface area contributed by atoms with E-state index in [1.165, 1.54) is 12.1 Å². The van der Waals surface area contributed by atoms with Crippen LogP contribution >= 0.6 is 11.8 Å². The predicted octanol–water partition coefficient (Wildman–Crippen LogP) is 2.80. The highest BCUT2D eigenvalue weighted by molar-refractivity contribution is 7.98. The first kappa shape index (κ1) is 11.9. The number of hydrazine groups is 1. The first-order valence-electron chi connectivity index (χ1n) is 5.08. The van der Waals surface area contributed by atoms with Gasteiger partial charge in [0.1, 0.15) is 11.6 Å². The first-order chi connectivity index (χ1) is 8.29. The molecule has 3 nitrogen and oxygen atoms in total. The van der Waals surface area contributed by atoms with Gasteiger partial charge in [-0.05, 0) is 30.3 Å². The third-order valence-electron chi connectivity index (χ3n) is 2.24. The van der Waals surface area contributed by atoms with Crippen molar-refractivity contribution in [1.29, 1.82) is 0 Å². The standard InChI is InChI=1S/C12H12FN3S/c13-10-3-5-11(6-4-10)17-8-9-2-1-7-15-12(9)16-14/h1-7H,8,14H2,(H,15,16). The van der Waals surface area contributed by atoms with Crippen LogP contribution in [0.1, 0.15) is 5.56 Å². The summed E-state index contributed by atoms with van der Waals surface area (Å²) in [6.45, 7) is 0. The number of halogens is 1. The fourth-order valence-corrected chi connectivity index (χ4v) is 2.26. The molecule has 0 fully saturated rings. The second kappa shape index (κ2) is 5.65. The molecule has 0 aliphatic carbocycles. The molecule has 0 aliphatic heterocycles. The summed E-state index contributed by atoms with van der Waals surface area (Å²) >= 11 is 1.61. The highest BCUT2D eigenvalue weighted by Crippen LogP contribution is 2.25. The summed E-state index contributed by atoms with van der Waals surface area (Å²) < 4.78 is 12.7. The smallest absolute Gasteiger partial charge is 0.143 e. The van der Waals surface area contributed by atoms with Crippen LogP contribution in [0, 0.1) is 5.82 Å². The lowest BCUT2D eigenvalue weighted by Gasteiger charge is -2.06. The van der Waals surface area contributed by atoms with Crippen molar-refractivity contribution in [1.82, 2.24) is 4.98 Å². The van der Waals surface area contributed by atoms with Gasteiger partial charge in [0.15, 0.2) is 0 Å². The van der Waals surface area contributed by atoms with E-state index in [0.717, 1.165) is 16.2 Å². The van der Waals surface area contributed by atoms with E-state index in [-0.39, 0.29) is 5.82 Å². The Labute approximate surface area is 103 Å². The number of nitrogens with two attached hydrogens (primary N) is 1. The topological polar surface area (TPSA) is 50.9 Å². The van der Waals surface area contributed by atoms with Crippen molar-refractivity contribution in [2.75, 3.05) is 5.43 Å². The summed E-state index contributed by atoms with van der Waals surface area (Å²) in [5.41, 5.74) is 3.57. The Kier molecular flexibility index (Phi) is 3.95. The number of hydrogen-bond acceptors (Lipinski definition) is 4. The van der Waals surface area contributed by atoms with Gasteiger partial charge in [0, 0.05) is 22.4 Å². The van der Waals surface area contributed by atoms with Gasteiger partial charge in [-0.15, -0.1) is 11.8 Å². The summed E-state index contributed by atoms with van der Waals surface area (Å²) in [7, 11) is 0. The van der Waals surface area contributed by atoms with E-state index in [1.54, 1.807) is 30.1 Å². The van der Waals surface area contributed by atoms with Gasteiger partial charge in [-0.25, -0.2) is 15.2 Å². The maximum absolute atomic E-state index is 12.7. The Balaban J connectivity index is 2.04. The van der Waals surface area contributed by atoms with Crippen molar-refractivity contribution in [3.05, 3.63) is 54.0 Å². The number of nitrogens with one attached hydrogen (secondary N) is 1. The molecule has 0 atom stereocenters. The molecule has 88 valence electrons. The van der Waals surface area contributed by atoms with Gasteiger partial charge < -0.3 is 5.43 Å². The fourth-order valence-electron chi connectivity index (χ4n) is 1.38. The largest absolute Gasteiger partial charge is 0.308 e. The lowest BCUT2D eigenvalue weighted by molar-refractivity contribution is 0.626. The third-order valence-corrected chi connectivity index (χ3v) is 3.30. The van der Waals surface area contributed by atoms with E-state index in [4.69, 9.17) is 5.84 Å². The van der Waals surface area contributed by atoms with Gasteiger partial charge >= 0.3 is 0 Å². The number of benzene rings is 1. The zero-order chi connectivity index (χ0) is 12.1. The predicted molar refractivity (Wildman–Crippen MR) is 68.0 cm³/mol. The molecule has 3 N–H and O–H groups in total. The van der Waals surface area contributed by atoms with Gasteiger partial charge in [0.05, 0.1) is 0 Å². The van der Waals surface area contributed by atoms with Crippen LogP contribution in [-0.4, -0.2) is 4.98 Å². The maximum Gasteiger partial charge on any atom is 0.143 e. The van der Waals surface area contributed by atoms with Gasteiger partial charge in [0.2, 0.25) is 0 Å². The molecule has 17 heavy (non-hydrogen) atoms. The molecule has 0 radical (unpaired) electrons. The minimum Gasteiger partial charge on any atom is -0.308 e. The molecular formula is C12H12FN3S. The van der Waals surface area contributed by atoms with Crippen LogP contribution in [0.4, 0.5) is 10.2 Å². The van der Waals surface area contributed by atoms with Crippen LogP contribution in [0.2, 0.25) is 0 Å². The third kappa shape index (κ3) is 3.18. The quantitative estimate of drug-likeness (QED) is 0.497. The fraction of sp³-hybridized carbons (Fsp3) is 0.0833. The second-order valence-corrected chi connectivity index (χ2v) is 4.45. The first-order valence-corrected chi connectivity index (χ1v) is 6.07. The molecule has 5 heteroatoms. The van der Waals surface area contributed by atoms with E-state index in [9.17, 15) is 4.39 Å². The molecule has 0 amide bonds. The minimum atomic E-state index is -0.222. The molecule has 0 bridgehead atoms. The van der Waals surface area contributed by atoms with E-state index < -0.39 is 0 Å². The summed E-state index contributed by atoms with van der Waals surface area (Å²) in [5.74, 6) is 6.55. The number of hydrogen-bond donors (Lipinski definition) is 2. The number of pyridine rings is 1. The molecule has 2 rings (SSSR count). The van der Waals surface area contributed by atoms with Gasteiger partial charge in [-0.2, -0.15) is 0 Å². The number of rotatable bonds is 4. The Bertz CT molecular complexity index is 487. The molecule has 0 aliphatic rings. The second-order valence-electron chi connectivity index (χ2n) is 3.40. The number of thioether (sulfide) groups is 1. The molecule has 0 spiro atoms. The zero-order valence-corrected chi connectivity index (χ0v) is 9.88.